The molecule has 0 aromatic carbocycles. The Morgan fingerprint density at radius 3 is 2.46 bits per heavy atom. The molecule has 0 heterocycles. The van der Waals surface area contributed by atoms with Gasteiger partial charge in [0.2, 0.25) is 0 Å². The molecule has 0 N–H and O–H groups in total. The predicted molar refractivity (Wildman–Crippen MR) is 55.5 cm³/mol. The van der Waals surface area contributed by atoms with Gasteiger partial charge in [0.15, 0.2) is 0 Å². The molecule has 74 valence electrons. The number of rotatable bonds is 3. The summed E-state index contributed by atoms with van der Waals surface area (Å²) in [6, 6.07) is 0. The molecule has 0 aromatic heterocycles. The number of allylic oxidation sites excluding steroid dienone is 2. The summed E-state index contributed by atoms with van der Waals surface area (Å²) >= 11 is 0. The average Bonchev–Trinajstić information content (AvgIpc) is 2.17. The van der Waals surface area contributed by atoms with Gasteiger partial charge in [0, 0.05) is 11.8 Å². The number of hydrogen-bond acceptors (Lipinski definition) is 1. The second-order valence-corrected chi connectivity index (χ2v) is 4.29. The van der Waals surface area contributed by atoms with E-state index in [0.717, 1.165) is 12.3 Å². The van der Waals surface area contributed by atoms with Crippen molar-refractivity contribution >= 4 is 5.78 Å². The van der Waals surface area contributed by atoms with Gasteiger partial charge in [-0.1, -0.05) is 32.9 Å². The van der Waals surface area contributed by atoms with Crippen LogP contribution in [0.4, 0.5) is 0 Å². The highest BCUT2D eigenvalue weighted by Gasteiger charge is 2.22. The topological polar surface area (TPSA) is 17.1 Å². The molecule has 2 unspecified atom stereocenters. The quantitative estimate of drug-likeness (QED) is 0.609. The van der Waals surface area contributed by atoms with E-state index in [1.54, 1.807) is 0 Å². The summed E-state index contributed by atoms with van der Waals surface area (Å²) in [6.07, 6.45) is 7.82. The minimum absolute atomic E-state index is 0.188. The van der Waals surface area contributed by atoms with Gasteiger partial charge in [0.1, 0.15) is 5.78 Å². The zero-order valence-corrected chi connectivity index (χ0v) is 8.92. The third-order valence-corrected chi connectivity index (χ3v) is 2.92. The van der Waals surface area contributed by atoms with Crippen molar-refractivity contribution in [2.45, 2.75) is 40.0 Å². The highest BCUT2D eigenvalue weighted by atomic mass is 16.1. The van der Waals surface area contributed by atoms with E-state index in [4.69, 9.17) is 0 Å². The van der Waals surface area contributed by atoms with E-state index in [-0.39, 0.29) is 11.8 Å². The van der Waals surface area contributed by atoms with Crippen molar-refractivity contribution in [1.82, 2.24) is 0 Å². The van der Waals surface area contributed by atoms with Crippen molar-refractivity contribution in [2.24, 2.45) is 17.8 Å². The normalized spacial score (nSPS) is 28.0. The maximum Gasteiger partial charge on any atom is 0.142 e. The molecule has 0 amide bonds. The lowest BCUT2D eigenvalue weighted by molar-refractivity contribution is -0.124. The van der Waals surface area contributed by atoms with Gasteiger partial charge >= 0.3 is 0 Å². The molecule has 0 aliphatic heterocycles. The van der Waals surface area contributed by atoms with Crippen molar-refractivity contribution in [3.8, 4) is 0 Å². The fraction of sp³-hybridized carbons (Fsp3) is 0.750. The van der Waals surface area contributed by atoms with Crippen LogP contribution in [0, 0.1) is 17.8 Å². The van der Waals surface area contributed by atoms with Gasteiger partial charge in [0.25, 0.3) is 0 Å². The van der Waals surface area contributed by atoms with Gasteiger partial charge in [-0.3, -0.25) is 4.79 Å². The summed E-state index contributed by atoms with van der Waals surface area (Å²) in [5, 5.41) is 0. The van der Waals surface area contributed by atoms with Crippen LogP contribution >= 0.6 is 0 Å². The smallest absolute Gasteiger partial charge is 0.142 e. The van der Waals surface area contributed by atoms with Crippen LogP contribution in [0.2, 0.25) is 0 Å². The molecule has 1 nitrogen and oxygen atoms in total. The van der Waals surface area contributed by atoms with Gasteiger partial charge in [-0.05, 0) is 25.2 Å². The number of hydrogen-bond donors (Lipinski definition) is 0. The third kappa shape index (κ3) is 2.68. The SMILES string of the molecule is CCC1C=CC(C(=O)C(C)C)CC1. The molecule has 1 aliphatic rings. The molecule has 0 bridgehead atoms. The van der Waals surface area contributed by atoms with Crippen LogP contribution in [0.25, 0.3) is 0 Å². The first-order valence-electron chi connectivity index (χ1n) is 5.37. The molecule has 0 saturated carbocycles. The molecule has 0 spiro atoms. The Morgan fingerprint density at radius 1 is 1.38 bits per heavy atom. The van der Waals surface area contributed by atoms with Crippen LogP contribution in [-0.4, -0.2) is 5.78 Å². The molecule has 1 aliphatic carbocycles. The molecule has 2 atom stereocenters. The standard InChI is InChI=1S/C12H20O/c1-4-10-5-7-11(8-6-10)12(13)9(2)3/h5,7,9-11H,4,6,8H2,1-3H3. The summed E-state index contributed by atoms with van der Waals surface area (Å²) in [5.41, 5.74) is 0. The maximum atomic E-state index is 11.6. The Kier molecular flexibility index (Phi) is 3.71. The predicted octanol–water partition coefficient (Wildman–Crippen LogP) is 3.20. The minimum Gasteiger partial charge on any atom is -0.299 e. The Labute approximate surface area is 81.2 Å². The van der Waals surface area contributed by atoms with Crippen molar-refractivity contribution in [1.29, 1.82) is 0 Å². The van der Waals surface area contributed by atoms with Gasteiger partial charge in [-0.25, -0.2) is 0 Å². The fourth-order valence-corrected chi connectivity index (χ4v) is 1.88. The van der Waals surface area contributed by atoms with Gasteiger partial charge in [0.05, 0.1) is 0 Å². The Bertz CT molecular complexity index is 203. The highest BCUT2D eigenvalue weighted by Crippen LogP contribution is 2.26. The van der Waals surface area contributed by atoms with Gasteiger partial charge in [-0.2, -0.15) is 0 Å². The van der Waals surface area contributed by atoms with Crippen molar-refractivity contribution < 1.29 is 4.79 Å². The van der Waals surface area contributed by atoms with E-state index >= 15 is 0 Å². The first kappa shape index (κ1) is 10.5. The molecule has 0 saturated heterocycles. The average molecular weight is 180 g/mol. The van der Waals surface area contributed by atoms with Crippen LogP contribution in [0.5, 0.6) is 0 Å². The first-order valence-corrected chi connectivity index (χ1v) is 5.37. The summed E-state index contributed by atoms with van der Waals surface area (Å²) in [5.74, 6) is 1.53. The second kappa shape index (κ2) is 4.59. The van der Waals surface area contributed by atoms with Crippen molar-refractivity contribution in [2.75, 3.05) is 0 Å². The lowest BCUT2D eigenvalue weighted by Gasteiger charge is -2.22. The fourth-order valence-electron chi connectivity index (χ4n) is 1.88. The van der Waals surface area contributed by atoms with Crippen LogP contribution in [0.15, 0.2) is 12.2 Å². The maximum absolute atomic E-state index is 11.6. The lowest BCUT2D eigenvalue weighted by Crippen LogP contribution is -2.21. The number of carbonyl (C=O) groups excluding carboxylic acids is 1. The molecule has 13 heavy (non-hydrogen) atoms. The Morgan fingerprint density at radius 2 is 2.08 bits per heavy atom. The molecular formula is C12H20O. The zero-order valence-electron chi connectivity index (χ0n) is 8.92. The summed E-state index contributed by atoms with van der Waals surface area (Å²) in [6.45, 7) is 6.18. The largest absolute Gasteiger partial charge is 0.299 e. The molecule has 0 fully saturated rings. The van der Waals surface area contributed by atoms with Gasteiger partial charge < -0.3 is 0 Å². The number of ketones is 1. The Hall–Kier alpha value is -0.590. The van der Waals surface area contributed by atoms with E-state index < -0.39 is 0 Å². The van der Waals surface area contributed by atoms with Crippen LogP contribution < -0.4 is 0 Å². The molecular weight excluding hydrogens is 160 g/mol. The first-order chi connectivity index (χ1) is 6.15. The van der Waals surface area contributed by atoms with E-state index in [9.17, 15) is 4.79 Å². The van der Waals surface area contributed by atoms with Crippen molar-refractivity contribution in [3.63, 3.8) is 0 Å². The van der Waals surface area contributed by atoms with E-state index in [2.05, 4.69) is 19.1 Å². The van der Waals surface area contributed by atoms with E-state index in [0.29, 0.717) is 5.78 Å². The zero-order chi connectivity index (χ0) is 9.84. The van der Waals surface area contributed by atoms with Crippen LogP contribution in [0.1, 0.15) is 40.0 Å². The number of carbonyl (C=O) groups is 1. The lowest BCUT2D eigenvalue weighted by atomic mass is 9.82. The second-order valence-electron chi connectivity index (χ2n) is 4.29. The van der Waals surface area contributed by atoms with Crippen LogP contribution in [0.3, 0.4) is 0 Å². The molecule has 0 radical (unpaired) electrons. The van der Waals surface area contributed by atoms with Gasteiger partial charge in [-0.15, -0.1) is 0 Å². The Balaban J connectivity index is 2.52. The third-order valence-electron chi connectivity index (χ3n) is 2.92. The van der Waals surface area contributed by atoms with Crippen molar-refractivity contribution in [3.05, 3.63) is 12.2 Å². The summed E-state index contributed by atoms with van der Waals surface area (Å²) in [7, 11) is 0. The highest BCUT2D eigenvalue weighted by molar-refractivity contribution is 5.84. The van der Waals surface area contributed by atoms with E-state index in [1.807, 2.05) is 13.8 Å². The monoisotopic (exact) mass is 180 g/mol. The molecule has 0 aromatic rings. The molecule has 1 heteroatoms. The minimum atomic E-state index is 0.188. The molecule has 1 rings (SSSR count). The van der Waals surface area contributed by atoms with E-state index in [1.165, 1.54) is 12.8 Å². The van der Waals surface area contributed by atoms with Crippen LogP contribution in [-0.2, 0) is 4.79 Å². The summed E-state index contributed by atoms with van der Waals surface area (Å²) in [4.78, 5) is 11.6. The summed E-state index contributed by atoms with van der Waals surface area (Å²) < 4.78 is 0. The number of Topliss-reactive ketones (excluding diaryl/α,β-unsaturated/α-hetero) is 1.